The van der Waals surface area contributed by atoms with Crippen LogP contribution in [0.5, 0.6) is 5.75 Å². The highest BCUT2D eigenvalue weighted by molar-refractivity contribution is 6.05. The highest BCUT2D eigenvalue weighted by Crippen LogP contribution is 2.26. The van der Waals surface area contributed by atoms with Crippen molar-refractivity contribution < 1.29 is 14.3 Å². The lowest BCUT2D eigenvalue weighted by molar-refractivity contribution is -0.0249. The number of hydrogen-bond donors (Lipinski definition) is 0. The molecule has 160 valence electrons. The largest absolute Gasteiger partial charge is 0.497 e. The SMILES string of the molecule is COc1cccc(-c2cncc([C@H]3CN(C(=O)c4nccc5ccccc45)CCO3)n2)c1. The molecule has 2 aromatic carbocycles. The van der Waals surface area contributed by atoms with Crippen molar-refractivity contribution in [3.05, 3.63) is 84.6 Å². The van der Waals surface area contributed by atoms with Crippen molar-refractivity contribution in [3.8, 4) is 17.0 Å². The second kappa shape index (κ2) is 8.72. The molecule has 5 rings (SSSR count). The first-order valence-corrected chi connectivity index (χ1v) is 10.4. The minimum Gasteiger partial charge on any atom is -0.497 e. The van der Waals surface area contributed by atoms with Gasteiger partial charge in [0.15, 0.2) is 0 Å². The summed E-state index contributed by atoms with van der Waals surface area (Å²) in [5.41, 5.74) is 2.78. The molecule has 0 saturated carbocycles. The summed E-state index contributed by atoms with van der Waals surface area (Å²) in [4.78, 5) is 28.6. The molecule has 4 aromatic rings. The summed E-state index contributed by atoms with van der Waals surface area (Å²) < 4.78 is 11.3. The van der Waals surface area contributed by atoms with Gasteiger partial charge in [-0.3, -0.25) is 14.8 Å². The van der Waals surface area contributed by atoms with E-state index in [1.54, 1.807) is 30.6 Å². The van der Waals surface area contributed by atoms with E-state index in [4.69, 9.17) is 14.5 Å². The number of rotatable bonds is 4. The molecule has 1 aliphatic rings. The number of carbonyl (C=O) groups is 1. The minimum atomic E-state index is -0.360. The molecule has 7 nitrogen and oxygen atoms in total. The summed E-state index contributed by atoms with van der Waals surface area (Å²) in [6, 6.07) is 17.4. The van der Waals surface area contributed by atoms with Crippen LogP contribution >= 0.6 is 0 Å². The third-order valence-electron chi connectivity index (χ3n) is 5.58. The summed E-state index contributed by atoms with van der Waals surface area (Å²) in [6.45, 7) is 1.31. The molecule has 3 heterocycles. The topological polar surface area (TPSA) is 77.4 Å². The molecule has 0 unspecified atom stereocenters. The van der Waals surface area contributed by atoms with Crippen LogP contribution in [0.15, 0.2) is 73.2 Å². The van der Waals surface area contributed by atoms with Crippen molar-refractivity contribution in [1.29, 1.82) is 0 Å². The lowest BCUT2D eigenvalue weighted by Gasteiger charge is -2.32. The van der Waals surface area contributed by atoms with E-state index in [0.717, 1.165) is 27.8 Å². The van der Waals surface area contributed by atoms with Crippen LogP contribution in [0.4, 0.5) is 0 Å². The molecule has 1 fully saturated rings. The maximum atomic E-state index is 13.3. The number of fused-ring (bicyclic) bond motifs is 1. The maximum Gasteiger partial charge on any atom is 0.273 e. The Balaban J connectivity index is 1.40. The Morgan fingerprint density at radius 3 is 2.94 bits per heavy atom. The summed E-state index contributed by atoms with van der Waals surface area (Å²) in [5, 5.41) is 1.84. The number of aromatic nitrogens is 3. The zero-order valence-electron chi connectivity index (χ0n) is 17.6. The van der Waals surface area contributed by atoms with E-state index in [1.165, 1.54) is 0 Å². The fourth-order valence-electron chi connectivity index (χ4n) is 3.91. The van der Waals surface area contributed by atoms with Crippen LogP contribution in [-0.2, 0) is 4.74 Å². The second-order valence-electron chi connectivity index (χ2n) is 7.55. The van der Waals surface area contributed by atoms with Gasteiger partial charge in [-0.15, -0.1) is 0 Å². The summed E-state index contributed by atoms with van der Waals surface area (Å²) in [5.74, 6) is 0.648. The van der Waals surface area contributed by atoms with E-state index in [0.29, 0.717) is 31.1 Å². The highest BCUT2D eigenvalue weighted by atomic mass is 16.5. The van der Waals surface area contributed by atoms with Gasteiger partial charge < -0.3 is 14.4 Å². The lowest BCUT2D eigenvalue weighted by Crippen LogP contribution is -2.42. The Kier molecular flexibility index (Phi) is 5.47. The van der Waals surface area contributed by atoms with Crippen molar-refractivity contribution in [2.24, 2.45) is 0 Å². The van der Waals surface area contributed by atoms with Crippen LogP contribution in [0, 0.1) is 0 Å². The fourth-order valence-corrected chi connectivity index (χ4v) is 3.91. The first-order chi connectivity index (χ1) is 15.7. The van der Waals surface area contributed by atoms with E-state index < -0.39 is 0 Å². The molecule has 32 heavy (non-hydrogen) atoms. The Labute approximate surface area is 185 Å². The average molecular weight is 426 g/mol. The third kappa shape index (κ3) is 3.90. The molecule has 7 heteroatoms. The molecule has 2 aromatic heterocycles. The van der Waals surface area contributed by atoms with E-state index in [2.05, 4.69) is 9.97 Å². The molecule has 0 N–H and O–H groups in total. The van der Waals surface area contributed by atoms with Crippen molar-refractivity contribution in [2.75, 3.05) is 26.8 Å². The van der Waals surface area contributed by atoms with Crippen LogP contribution in [0.25, 0.3) is 22.0 Å². The molecule has 0 bridgehead atoms. The number of methoxy groups -OCH3 is 1. The van der Waals surface area contributed by atoms with Gasteiger partial charge in [0.05, 0.1) is 44.0 Å². The molecule has 1 amide bonds. The molecule has 1 aliphatic heterocycles. The quantitative estimate of drug-likeness (QED) is 0.492. The number of amides is 1. The fraction of sp³-hybridized carbons (Fsp3) is 0.200. The monoisotopic (exact) mass is 426 g/mol. The number of benzene rings is 2. The number of ether oxygens (including phenoxy) is 2. The average Bonchev–Trinajstić information content (AvgIpc) is 2.88. The summed E-state index contributed by atoms with van der Waals surface area (Å²) in [7, 11) is 1.63. The van der Waals surface area contributed by atoms with Crippen molar-refractivity contribution in [1.82, 2.24) is 19.9 Å². The van der Waals surface area contributed by atoms with Gasteiger partial charge in [0.1, 0.15) is 17.5 Å². The Morgan fingerprint density at radius 1 is 1.12 bits per heavy atom. The Morgan fingerprint density at radius 2 is 2.03 bits per heavy atom. The molecule has 1 atom stereocenters. The van der Waals surface area contributed by atoms with E-state index in [1.807, 2.05) is 54.6 Å². The van der Waals surface area contributed by atoms with Gasteiger partial charge in [-0.05, 0) is 23.6 Å². The van der Waals surface area contributed by atoms with Crippen LogP contribution in [0.2, 0.25) is 0 Å². The van der Waals surface area contributed by atoms with Crippen LogP contribution in [-0.4, -0.2) is 52.6 Å². The molecule has 1 saturated heterocycles. The van der Waals surface area contributed by atoms with Gasteiger partial charge >= 0.3 is 0 Å². The zero-order chi connectivity index (χ0) is 21.9. The molecular weight excluding hydrogens is 404 g/mol. The van der Waals surface area contributed by atoms with Gasteiger partial charge in [0, 0.05) is 23.7 Å². The van der Waals surface area contributed by atoms with Crippen molar-refractivity contribution >= 4 is 16.7 Å². The number of hydrogen-bond acceptors (Lipinski definition) is 6. The number of nitrogens with zero attached hydrogens (tertiary/aromatic N) is 4. The third-order valence-corrected chi connectivity index (χ3v) is 5.58. The van der Waals surface area contributed by atoms with Crippen molar-refractivity contribution in [3.63, 3.8) is 0 Å². The van der Waals surface area contributed by atoms with Gasteiger partial charge in [-0.25, -0.2) is 4.98 Å². The summed E-state index contributed by atoms with van der Waals surface area (Å²) >= 11 is 0. The molecule has 0 aliphatic carbocycles. The van der Waals surface area contributed by atoms with E-state index in [-0.39, 0.29) is 12.0 Å². The Hall–Kier alpha value is -3.84. The summed E-state index contributed by atoms with van der Waals surface area (Å²) in [6.07, 6.45) is 4.72. The smallest absolute Gasteiger partial charge is 0.273 e. The van der Waals surface area contributed by atoms with Gasteiger partial charge in [-0.2, -0.15) is 0 Å². The normalized spacial score (nSPS) is 16.2. The van der Waals surface area contributed by atoms with Gasteiger partial charge in [-0.1, -0.05) is 36.4 Å². The van der Waals surface area contributed by atoms with E-state index in [9.17, 15) is 4.79 Å². The lowest BCUT2D eigenvalue weighted by atomic mass is 10.1. The van der Waals surface area contributed by atoms with E-state index >= 15 is 0 Å². The molecule has 0 radical (unpaired) electrons. The molecule has 0 spiro atoms. The zero-order valence-corrected chi connectivity index (χ0v) is 17.6. The maximum absolute atomic E-state index is 13.3. The standard InChI is InChI=1S/C25H22N4O3/c1-31-19-7-4-6-18(13-19)21-14-26-15-22(28-21)23-16-29(11-12-32-23)25(30)24-20-8-3-2-5-17(20)9-10-27-24/h2-10,13-15,23H,11-12,16H2,1H3/t23-/m1/s1. The Bertz CT molecular complexity index is 1270. The molecular formula is C25H22N4O3. The van der Waals surface area contributed by atoms with Gasteiger partial charge in [0.25, 0.3) is 5.91 Å². The first-order valence-electron chi connectivity index (χ1n) is 10.4. The minimum absolute atomic E-state index is 0.105. The number of pyridine rings is 1. The highest BCUT2D eigenvalue weighted by Gasteiger charge is 2.29. The number of carbonyl (C=O) groups excluding carboxylic acids is 1. The second-order valence-corrected chi connectivity index (χ2v) is 7.55. The van der Waals surface area contributed by atoms with Crippen LogP contribution in [0.3, 0.4) is 0 Å². The predicted octanol–water partition coefficient (Wildman–Crippen LogP) is 3.91. The first kappa shape index (κ1) is 20.1. The number of morpholine rings is 1. The predicted molar refractivity (Wildman–Crippen MR) is 120 cm³/mol. The van der Waals surface area contributed by atoms with Gasteiger partial charge in [0.2, 0.25) is 0 Å². The van der Waals surface area contributed by atoms with Crippen LogP contribution in [0.1, 0.15) is 22.3 Å². The van der Waals surface area contributed by atoms with Crippen molar-refractivity contribution in [2.45, 2.75) is 6.10 Å². The van der Waals surface area contributed by atoms with Crippen LogP contribution < -0.4 is 4.74 Å².